The van der Waals surface area contributed by atoms with Gasteiger partial charge in [0.05, 0.1) is 13.7 Å². The van der Waals surface area contributed by atoms with Crippen LogP contribution < -0.4 is 4.90 Å². The molecule has 0 aliphatic carbocycles. The first-order valence-electron chi connectivity index (χ1n) is 6.33. The molecule has 20 heavy (non-hydrogen) atoms. The highest BCUT2D eigenvalue weighted by molar-refractivity contribution is 5.84. The van der Waals surface area contributed by atoms with Gasteiger partial charge >= 0.3 is 11.9 Å². The molecule has 0 N–H and O–H groups in total. The number of benzene rings is 1. The predicted molar refractivity (Wildman–Crippen MR) is 76.2 cm³/mol. The minimum atomic E-state index is -0.434. The lowest BCUT2D eigenvalue weighted by atomic mass is 10.2. The van der Waals surface area contributed by atoms with Crippen molar-refractivity contribution in [1.82, 2.24) is 0 Å². The summed E-state index contributed by atoms with van der Waals surface area (Å²) in [6.07, 6.45) is 1.36. The molecule has 0 bridgehead atoms. The number of allylic oxidation sites excluding steroid dienone is 1. The Morgan fingerprint density at radius 3 is 2.45 bits per heavy atom. The van der Waals surface area contributed by atoms with Crippen LogP contribution in [-0.2, 0) is 19.1 Å². The number of esters is 2. The zero-order chi connectivity index (χ0) is 15.0. The number of hydrogen-bond donors (Lipinski definition) is 0. The third-order valence-electron chi connectivity index (χ3n) is 2.62. The standard InChI is InChI=1S/C15H19NO4/c1-4-20-14(17)10-12(2)16(11-15(18)19-3)13-8-6-5-7-9-13/h5-10H,4,11H2,1-3H3. The van der Waals surface area contributed by atoms with Crippen LogP contribution in [0.3, 0.4) is 0 Å². The summed E-state index contributed by atoms with van der Waals surface area (Å²) >= 11 is 0. The Morgan fingerprint density at radius 2 is 1.90 bits per heavy atom. The molecule has 0 saturated heterocycles. The van der Waals surface area contributed by atoms with Gasteiger partial charge in [0.25, 0.3) is 0 Å². The Balaban J connectivity index is 2.98. The number of methoxy groups -OCH3 is 1. The van der Waals surface area contributed by atoms with Crippen LogP contribution in [0.25, 0.3) is 0 Å². The van der Waals surface area contributed by atoms with Gasteiger partial charge in [-0.15, -0.1) is 0 Å². The summed E-state index contributed by atoms with van der Waals surface area (Å²) in [7, 11) is 1.33. The fraction of sp³-hybridized carbons (Fsp3) is 0.333. The van der Waals surface area contributed by atoms with Crippen molar-refractivity contribution in [2.75, 3.05) is 25.2 Å². The second kappa shape index (κ2) is 7.99. The van der Waals surface area contributed by atoms with E-state index in [1.165, 1.54) is 13.2 Å². The van der Waals surface area contributed by atoms with Gasteiger partial charge in [0.2, 0.25) is 0 Å². The van der Waals surface area contributed by atoms with E-state index in [0.29, 0.717) is 12.3 Å². The number of nitrogens with zero attached hydrogens (tertiary/aromatic N) is 1. The van der Waals surface area contributed by atoms with Crippen molar-refractivity contribution >= 4 is 17.6 Å². The highest BCUT2D eigenvalue weighted by Gasteiger charge is 2.14. The third-order valence-corrected chi connectivity index (χ3v) is 2.62. The highest BCUT2D eigenvalue weighted by atomic mass is 16.5. The highest BCUT2D eigenvalue weighted by Crippen LogP contribution is 2.18. The fourth-order valence-corrected chi connectivity index (χ4v) is 1.65. The maximum absolute atomic E-state index is 11.5. The lowest BCUT2D eigenvalue weighted by Gasteiger charge is -2.24. The molecule has 1 rings (SSSR count). The summed E-state index contributed by atoms with van der Waals surface area (Å²) in [5, 5.41) is 0. The zero-order valence-electron chi connectivity index (χ0n) is 12.0. The van der Waals surface area contributed by atoms with Crippen LogP contribution in [0.2, 0.25) is 0 Å². The van der Waals surface area contributed by atoms with Gasteiger partial charge in [0.1, 0.15) is 6.54 Å². The first-order valence-corrected chi connectivity index (χ1v) is 6.33. The van der Waals surface area contributed by atoms with Gasteiger partial charge < -0.3 is 14.4 Å². The molecule has 0 radical (unpaired) electrons. The lowest BCUT2D eigenvalue weighted by Crippen LogP contribution is -2.29. The number of anilines is 1. The number of ether oxygens (including phenoxy) is 2. The second-order valence-electron chi connectivity index (χ2n) is 4.04. The molecule has 0 aliphatic heterocycles. The molecule has 0 spiro atoms. The van der Waals surface area contributed by atoms with Gasteiger partial charge in [0.15, 0.2) is 0 Å². The van der Waals surface area contributed by atoms with Crippen molar-refractivity contribution < 1.29 is 19.1 Å². The number of rotatable bonds is 6. The Morgan fingerprint density at radius 1 is 1.25 bits per heavy atom. The quantitative estimate of drug-likeness (QED) is 0.589. The van der Waals surface area contributed by atoms with Gasteiger partial charge in [0, 0.05) is 17.5 Å². The molecular weight excluding hydrogens is 258 g/mol. The molecule has 0 unspecified atom stereocenters. The number of hydrogen-bond acceptors (Lipinski definition) is 5. The molecule has 1 aromatic rings. The fourth-order valence-electron chi connectivity index (χ4n) is 1.65. The molecule has 0 saturated carbocycles. The molecule has 0 aromatic heterocycles. The Kier molecular flexibility index (Phi) is 6.29. The molecule has 0 heterocycles. The van der Waals surface area contributed by atoms with Crippen LogP contribution in [0.5, 0.6) is 0 Å². The maximum Gasteiger partial charge on any atom is 0.332 e. The molecular formula is C15H19NO4. The van der Waals surface area contributed by atoms with Crippen molar-refractivity contribution in [1.29, 1.82) is 0 Å². The SMILES string of the molecule is CCOC(=O)C=C(C)N(CC(=O)OC)c1ccccc1. The van der Waals surface area contributed by atoms with Gasteiger partial charge in [-0.2, -0.15) is 0 Å². The minimum absolute atomic E-state index is 0.0300. The van der Waals surface area contributed by atoms with E-state index >= 15 is 0 Å². The van der Waals surface area contributed by atoms with Crippen molar-refractivity contribution in [2.24, 2.45) is 0 Å². The molecule has 1 aromatic carbocycles. The largest absolute Gasteiger partial charge is 0.468 e. The predicted octanol–water partition coefficient (Wildman–Crippen LogP) is 2.13. The van der Waals surface area contributed by atoms with Crippen LogP contribution in [0.1, 0.15) is 13.8 Å². The van der Waals surface area contributed by atoms with Crippen molar-refractivity contribution in [3.8, 4) is 0 Å². The monoisotopic (exact) mass is 277 g/mol. The first-order chi connectivity index (χ1) is 9.58. The Labute approximate surface area is 118 Å². The Bertz CT molecular complexity index is 482. The van der Waals surface area contributed by atoms with Crippen molar-refractivity contribution in [2.45, 2.75) is 13.8 Å². The van der Waals surface area contributed by atoms with E-state index in [1.807, 2.05) is 30.3 Å². The summed E-state index contributed by atoms with van der Waals surface area (Å²) in [5.41, 5.74) is 1.41. The molecule has 5 nitrogen and oxygen atoms in total. The number of carbonyl (C=O) groups excluding carboxylic acids is 2. The topological polar surface area (TPSA) is 55.8 Å². The summed E-state index contributed by atoms with van der Waals surface area (Å²) < 4.78 is 9.55. The number of para-hydroxylation sites is 1. The van der Waals surface area contributed by atoms with Gasteiger partial charge in [-0.25, -0.2) is 4.79 Å². The van der Waals surface area contributed by atoms with E-state index in [1.54, 1.807) is 18.7 Å². The van der Waals surface area contributed by atoms with Gasteiger partial charge in [-0.1, -0.05) is 18.2 Å². The van der Waals surface area contributed by atoms with E-state index in [2.05, 4.69) is 4.74 Å². The van der Waals surface area contributed by atoms with E-state index in [0.717, 1.165) is 5.69 Å². The lowest BCUT2D eigenvalue weighted by molar-refractivity contribution is -0.139. The Hall–Kier alpha value is -2.30. The number of carbonyl (C=O) groups is 2. The van der Waals surface area contributed by atoms with Gasteiger partial charge in [-0.05, 0) is 26.0 Å². The summed E-state index contributed by atoms with van der Waals surface area (Å²) in [4.78, 5) is 24.7. The average molecular weight is 277 g/mol. The van der Waals surface area contributed by atoms with E-state index in [-0.39, 0.29) is 12.5 Å². The van der Waals surface area contributed by atoms with Gasteiger partial charge in [-0.3, -0.25) is 4.79 Å². The summed E-state index contributed by atoms with van der Waals surface area (Å²) in [5.74, 6) is -0.818. The summed E-state index contributed by atoms with van der Waals surface area (Å²) in [6.45, 7) is 3.82. The van der Waals surface area contributed by atoms with E-state index < -0.39 is 5.97 Å². The van der Waals surface area contributed by atoms with Crippen LogP contribution in [0.4, 0.5) is 5.69 Å². The molecule has 0 amide bonds. The molecule has 0 atom stereocenters. The average Bonchev–Trinajstić information content (AvgIpc) is 2.45. The molecule has 5 heteroatoms. The van der Waals surface area contributed by atoms with Crippen LogP contribution in [0.15, 0.2) is 42.1 Å². The minimum Gasteiger partial charge on any atom is -0.468 e. The zero-order valence-corrected chi connectivity index (χ0v) is 12.0. The molecule has 0 fully saturated rings. The molecule has 0 aliphatic rings. The van der Waals surface area contributed by atoms with Crippen molar-refractivity contribution in [3.05, 3.63) is 42.1 Å². The van der Waals surface area contributed by atoms with Crippen LogP contribution in [0, 0.1) is 0 Å². The molecule has 108 valence electrons. The third kappa shape index (κ3) is 4.76. The van der Waals surface area contributed by atoms with Crippen LogP contribution >= 0.6 is 0 Å². The van der Waals surface area contributed by atoms with E-state index in [9.17, 15) is 9.59 Å². The smallest absolute Gasteiger partial charge is 0.332 e. The maximum atomic E-state index is 11.5. The normalized spacial score (nSPS) is 10.8. The van der Waals surface area contributed by atoms with Crippen LogP contribution in [-0.4, -0.2) is 32.2 Å². The van der Waals surface area contributed by atoms with E-state index in [4.69, 9.17) is 4.74 Å². The van der Waals surface area contributed by atoms with Crippen molar-refractivity contribution in [3.63, 3.8) is 0 Å². The summed E-state index contributed by atoms with van der Waals surface area (Å²) in [6, 6.07) is 9.30. The second-order valence-corrected chi connectivity index (χ2v) is 4.04. The first kappa shape index (κ1) is 15.8.